The van der Waals surface area contributed by atoms with Crippen LogP contribution in [0, 0.1) is 0 Å². The molecule has 0 aliphatic carbocycles. The van der Waals surface area contributed by atoms with Crippen molar-refractivity contribution >= 4 is 55.7 Å². The van der Waals surface area contributed by atoms with Gasteiger partial charge in [-0.3, -0.25) is 9.52 Å². The van der Waals surface area contributed by atoms with Crippen molar-refractivity contribution in [2.75, 3.05) is 35.7 Å². The molecular formula is C30H28N6O5S. The van der Waals surface area contributed by atoms with Crippen LogP contribution >= 0.6 is 0 Å². The fraction of sp³-hybridized carbons (Fsp3) is 0.100. The van der Waals surface area contributed by atoms with Crippen molar-refractivity contribution in [3.63, 3.8) is 0 Å². The Morgan fingerprint density at radius 3 is 2.00 bits per heavy atom. The second-order valence-corrected chi connectivity index (χ2v) is 10.8. The van der Waals surface area contributed by atoms with Gasteiger partial charge in [-0.25, -0.2) is 18.4 Å². The molecule has 5 rings (SSSR count). The van der Waals surface area contributed by atoms with Crippen molar-refractivity contribution < 1.29 is 22.7 Å². The monoisotopic (exact) mass is 584 g/mol. The summed E-state index contributed by atoms with van der Waals surface area (Å²) >= 11 is 0. The average Bonchev–Trinajstić information content (AvgIpc) is 3.00. The average molecular weight is 585 g/mol. The van der Waals surface area contributed by atoms with E-state index in [1.165, 1.54) is 26.4 Å². The lowest BCUT2D eigenvalue weighted by Gasteiger charge is -2.24. The van der Waals surface area contributed by atoms with E-state index < -0.39 is 15.9 Å². The molecule has 0 radical (unpaired) electrons. The van der Waals surface area contributed by atoms with Gasteiger partial charge in [0.1, 0.15) is 18.0 Å². The topological polar surface area (TPSA) is 149 Å². The maximum atomic E-state index is 13.7. The van der Waals surface area contributed by atoms with Crippen LogP contribution in [0.3, 0.4) is 0 Å². The maximum Gasteiger partial charge on any atom is 0.263 e. The number of hydrogen-bond acceptors (Lipinski definition) is 9. The summed E-state index contributed by atoms with van der Waals surface area (Å²) in [5, 5.41) is 3.14. The number of methoxy groups -OCH3 is 2. The summed E-state index contributed by atoms with van der Waals surface area (Å²) in [7, 11) is -1.11. The lowest BCUT2D eigenvalue weighted by molar-refractivity contribution is -0.116. The number of carbonyl (C=O) groups excluding carboxylic acids is 1. The van der Waals surface area contributed by atoms with Gasteiger partial charge in [0.05, 0.1) is 30.1 Å². The normalized spacial score (nSPS) is 11.1. The minimum atomic E-state index is -4.17. The van der Waals surface area contributed by atoms with Crippen LogP contribution in [0.15, 0.2) is 102 Å². The van der Waals surface area contributed by atoms with Crippen LogP contribution in [0.4, 0.5) is 28.7 Å². The number of para-hydroxylation sites is 3. The summed E-state index contributed by atoms with van der Waals surface area (Å²) in [6.45, 7) is -0.144. The SMILES string of the molecule is COc1cc(Nc2nc3ccccc3nc2NS(=O)(=O)c2cccc(N(CC(N)=O)c3ccccc3)c2)cc(OC)c1. The number of amides is 1. The lowest BCUT2D eigenvalue weighted by atomic mass is 10.2. The minimum absolute atomic E-state index is 0.0158. The molecule has 0 aliphatic heterocycles. The van der Waals surface area contributed by atoms with E-state index in [0.29, 0.717) is 39.6 Å². The first-order chi connectivity index (χ1) is 20.3. The molecule has 1 aromatic heterocycles. The summed E-state index contributed by atoms with van der Waals surface area (Å²) in [4.78, 5) is 22.7. The zero-order valence-electron chi connectivity index (χ0n) is 22.8. The van der Waals surface area contributed by atoms with Crippen LogP contribution in [-0.2, 0) is 14.8 Å². The second kappa shape index (κ2) is 12.0. The van der Waals surface area contributed by atoms with Gasteiger partial charge in [-0.2, -0.15) is 0 Å². The van der Waals surface area contributed by atoms with Gasteiger partial charge in [0.15, 0.2) is 11.6 Å². The zero-order valence-corrected chi connectivity index (χ0v) is 23.6. The fourth-order valence-electron chi connectivity index (χ4n) is 4.27. The number of hydrogen-bond donors (Lipinski definition) is 3. The van der Waals surface area contributed by atoms with E-state index in [1.54, 1.807) is 65.6 Å². The van der Waals surface area contributed by atoms with Gasteiger partial charge in [0, 0.05) is 35.3 Å². The van der Waals surface area contributed by atoms with Gasteiger partial charge >= 0.3 is 0 Å². The van der Waals surface area contributed by atoms with Crippen LogP contribution < -0.4 is 30.1 Å². The van der Waals surface area contributed by atoms with Crippen LogP contribution in [0.1, 0.15) is 0 Å². The van der Waals surface area contributed by atoms with Crippen molar-refractivity contribution in [1.82, 2.24) is 9.97 Å². The van der Waals surface area contributed by atoms with E-state index in [-0.39, 0.29) is 23.1 Å². The Bertz CT molecular complexity index is 1830. The molecule has 0 fully saturated rings. The highest BCUT2D eigenvalue weighted by molar-refractivity contribution is 7.92. The standard InChI is InChI=1S/C30H28N6O5S/c1-40-23-15-20(16-24(18-23)41-2)32-29-30(34-27-14-7-6-13-26(27)33-29)35-42(38,39)25-12-8-11-22(17-25)36(19-28(31)37)21-9-4-3-5-10-21/h3-18H,19H2,1-2H3,(H2,31,37)(H,32,33)(H,34,35). The van der Waals surface area contributed by atoms with Crippen LogP contribution in [0.2, 0.25) is 0 Å². The molecule has 4 aromatic carbocycles. The molecule has 0 atom stereocenters. The number of aromatic nitrogens is 2. The van der Waals surface area contributed by atoms with Gasteiger partial charge in [0.2, 0.25) is 5.91 Å². The number of carbonyl (C=O) groups is 1. The molecule has 0 saturated heterocycles. The Kier molecular flexibility index (Phi) is 8.07. The molecule has 4 N–H and O–H groups in total. The molecule has 1 heterocycles. The quantitative estimate of drug-likeness (QED) is 0.199. The predicted molar refractivity (Wildman–Crippen MR) is 162 cm³/mol. The van der Waals surface area contributed by atoms with E-state index >= 15 is 0 Å². The molecule has 0 bridgehead atoms. The maximum absolute atomic E-state index is 13.7. The van der Waals surface area contributed by atoms with Crippen molar-refractivity contribution in [2.45, 2.75) is 4.90 Å². The van der Waals surface area contributed by atoms with Crippen LogP contribution in [0.5, 0.6) is 11.5 Å². The molecule has 0 aliphatic rings. The molecule has 11 nitrogen and oxygen atoms in total. The molecule has 214 valence electrons. The molecule has 0 saturated carbocycles. The van der Waals surface area contributed by atoms with Gasteiger partial charge in [-0.05, 0) is 42.5 Å². The van der Waals surface area contributed by atoms with Crippen molar-refractivity contribution in [3.8, 4) is 11.5 Å². The van der Waals surface area contributed by atoms with E-state index in [1.807, 2.05) is 24.3 Å². The second-order valence-electron chi connectivity index (χ2n) is 9.13. The Balaban J connectivity index is 1.54. The number of primary amides is 1. The van der Waals surface area contributed by atoms with Gasteiger partial charge in [0.25, 0.3) is 10.0 Å². The predicted octanol–water partition coefficient (Wildman–Crippen LogP) is 4.81. The van der Waals surface area contributed by atoms with Crippen LogP contribution in [0.25, 0.3) is 11.0 Å². The van der Waals surface area contributed by atoms with E-state index in [0.717, 1.165) is 0 Å². The number of sulfonamides is 1. The van der Waals surface area contributed by atoms with Gasteiger partial charge in [-0.15, -0.1) is 0 Å². The number of anilines is 5. The number of fused-ring (bicyclic) bond motifs is 1. The van der Waals surface area contributed by atoms with Gasteiger partial charge < -0.3 is 25.4 Å². The third-order valence-corrected chi connectivity index (χ3v) is 7.57. The fourth-order valence-corrected chi connectivity index (χ4v) is 5.32. The number of nitrogens with zero attached hydrogens (tertiary/aromatic N) is 3. The first kappa shape index (κ1) is 28.2. The molecule has 42 heavy (non-hydrogen) atoms. The van der Waals surface area contributed by atoms with Crippen molar-refractivity contribution in [3.05, 3.63) is 97.1 Å². The Labute approximate surface area is 243 Å². The summed E-state index contributed by atoms with van der Waals surface area (Å²) in [5.74, 6) is 0.648. The summed E-state index contributed by atoms with van der Waals surface area (Å²) in [6, 6.07) is 27.6. The van der Waals surface area contributed by atoms with E-state index in [2.05, 4.69) is 20.0 Å². The number of nitrogens with two attached hydrogens (primary N) is 1. The third kappa shape index (κ3) is 6.34. The first-order valence-electron chi connectivity index (χ1n) is 12.8. The third-order valence-electron chi connectivity index (χ3n) is 6.24. The number of nitrogens with one attached hydrogen (secondary N) is 2. The van der Waals surface area contributed by atoms with Crippen molar-refractivity contribution in [1.29, 1.82) is 0 Å². The number of ether oxygens (including phenoxy) is 2. The molecule has 0 unspecified atom stereocenters. The minimum Gasteiger partial charge on any atom is -0.497 e. The summed E-state index contributed by atoms with van der Waals surface area (Å²) in [5.41, 5.74) is 8.25. The largest absolute Gasteiger partial charge is 0.497 e. The smallest absolute Gasteiger partial charge is 0.263 e. The molecule has 5 aromatic rings. The molecule has 12 heteroatoms. The highest BCUT2D eigenvalue weighted by Crippen LogP contribution is 2.32. The first-order valence-corrected chi connectivity index (χ1v) is 14.2. The van der Waals surface area contributed by atoms with E-state index in [9.17, 15) is 13.2 Å². The highest BCUT2D eigenvalue weighted by atomic mass is 32.2. The highest BCUT2D eigenvalue weighted by Gasteiger charge is 2.21. The molecule has 0 spiro atoms. The Hall–Kier alpha value is -5.36. The Morgan fingerprint density at radius 1 is 0.786 bits per heavy atom. The molecular weight excluding hydrogens is 556 g/mol. The zero-order chi connectivity index (χ0) is 29.7. The Morgan fingerprint density at radius 2 is 1.38 bits per heavy atom. The van der Waals surface area contributed by atoms with Crippen molar-refractivity contribution in [2.24, 2.45) is 5.73 Å². The summed E-state index contributed by atoms with van der Waals surface area (Å²) < 4.78 is 40.7. The summed E-state index contributed by atoms with van der Waals surface area (Å²) in [6.07, 6.45) is 0. The number of benzene rings is 4. The number of rotatable bonds is 11. The van der Waals surface area contributed by atoms with Crippen LogP contribution in [-0.4, -0.2) is 45.1 Å². The van der Waals surface area contributed by atoms with Gasteiger partial charge in [-0.1, -0.05) is 36.4 Å². The molecule has 1 amide bonds. The van der Waals surface area contributed by atoms with E-state index in [4.69, 9.17) is 15.2 Å². The lowest BCUT2D eigenvalue weighted by Crippen LogP contribution is -2.30.